The van der Waals surface area contributed by atoms with Crippen molar-refractivity contribution < 1.29 is 38.5 Å². The zero-order chi connectivity index (χ0) is 33.2. The van der Waals surface area contributed by atoms with Crippen LogP contribution < -0.4 is 24.8 Å². The van der Waals surface area contributed by atoms with Crippen molar-refractivity contribution in [1.82, 2.24) is 0 Å². The Morgan fingerprint density at radius 1 is 0.652 bits per heavy atom. The van der Waals surface area contributed by atoms with Gasteiger partial charge in [-0.25, -0.2) is 9.59 Å². The average molecular weight is 625 g/mol. The maximum absolute atomic E-state index is 13.6. The van der Waals surface area contributed by atoms with Crippen LogP contribution in [0.15, 0.2) is 78.9 Å². The van der Waals surface area contributed by atoms with Crippen LogP contribution in [0.5, 0.6) is 17.2 Å². The highest BCUT2D eigenvalue weighted by atomic mass is 16.5. The van der Waals surface area contributed by atoms with E-state index in [0.29, 0.717) is 29.9 Å². The van der Waals surface area contributed by atoms with Crippen molar-refractivity contribution in [1.29, 1.82) is 0 Å². The molecule has 4 rings (SSSR count). The second-order valence-electron chi connectivity index (χ2n) is 10.6. The molecule has 4 aromatic carbocycles. The molecular weight excluding hydrogens is 588 g/mol. The monoisotopic (exact) mass is 624 g/mol. The second kappa shape index (κ2) is 15.4. The van der Waals surface area contributed by atoms with Gasteiger partial charge >= 0.3 is 11.9 Å². The summed E-state index contributed by atoms with van der Waals surface area (Å²) in [6, 6.07) is 22.5. The molecule has 0 fully saturated rings. The van der Waals surface area contributed by atoms with E-state index in [0.717, 1.165) is 16.7 Å². The number of nitrogens with one attached hydrogen (secondary N) is 2. The maximum Gasteiger partial charge on any atom is 0.345 e. The molecule has 0 aliphatic carbocycles. The third kappa shape index (κ3) is 8.50. The van der Waals surface area contributed by atoms with Crippen molar-refractivity contribution >= 4 is 35.1 Å². The van der Waals surface area contributed by atoms with Gasteiger partial charge in [-0.05, 0) is 79.8 Å². The van der Waals surface area contributed by atoms with E-state index in [9.17, 15) is 24.3 Å². The molecule has 0 heterocycles. The number of benzene rings is 4. The van der Waals surface area contributed by atoms with Gasteiger partial charge in [-0.1, -0.05) is 48.0 Å². The van der Waals surface area contributed by atoms with Gasteiger partial charge in [0.1, 0.15) is 11.5 Å². The van der Waals surface area contributed by atoms with Crippen LogP contribution in [-0.4, -0.2) is 43.1 Å². The van der Waals surface area contributed by atoms with E-state index in [1.807, 2.05) is 42.5 Å². The van der Waals surface area contributed by atoms with Crippen molar-refractivity contribution in [3.05, 3.63) is 112 Å². The van der Waals surface area contributed by atoms with E-state index >= 15 is 0 Å². The number of aryl methyl sites for hydroxylation is 4. The molecule has 46 heavy (non-hydrogen) atoms. The first-order valence-corrected chi connectivity index (χ1v) is 14.6. The number of amides is 2. The number of hydrogen-bond acceptors (Lipinski definition) is 7. The number of carboxylic acids is 1. The lowest BCUT2D eigenvalue weighted by Crippen LogP contribution is -2.20. The predicted octanol–water partition coefficient (Wildman–Crippen LogP) is 6.38. The number of carboxylic acid groups (broad SMARTS) is 1. The Balaban J connectivity index is 1.54. The Labute approximate surface area is 267 Å². The number of methoxy groups -OCH3 is 2. The molecule has 0 bridgehead atoms. The molecule has 0 saturated heterocycles. The molecule has 238 valence electrons. The molecule has 0 spiro atoms. The van der Waals surface area contributed by atoms with Crippen molar-refractivity contribution in [2.75, 3.05) is 24.9 Å². The van der Waals surface area contributed by atoms with Gasteiger partial charge in [0.2, 0.25) is 11.8 Å². The van der Waals surface area contributed by atoms with Gasteiger partial charge in [-0.15, -0.1) is 0 Å². The Kier molecular flexibility index (Phi) is 11.1. The maximum atomic E-state index is 13.6. The normalized spacial score (nSPS) is 10.5. The van der Waals surface area contributed by atoms with E-state index in [-0.39, 0.29) is 47.0 Å². The van der Waals surface area contributed by atoms with E-state index in [1.54, 1.807) is 45.2 Å². The fourth-order valence-corrected chi connectivity index (χ4v) is 4.95. The minimum atomic E-state index is -1.31. The topological polar surface area (TPSA) is 140 Å². The Morgan fingerprint density at radius 2 is 1.20 bits per heavy atom. The number of carbonyl (C=O) groups is 4. The van der Waals surface area contributed by atoms with Crippen molar-refractivity contribution in [3.8, 4) is 17.2 Å². The van der Waals surface area contributed by atoms with E-state index < -0.39 is 17.8 Å². The fourth-order valence-electron chi connectivity index (χ4n) is 4.95. The SMILES string of the molecule is COc1ccccc1CCC(=O)Nc1ccc(C)cc1C(=O)Oc1cc(C)cc(C(=O)O)c1NC(=O)CCc1ccccc1OC. The second-order valence-corrected chi connectivity index (χ2v) is 10.6. The minimum absolute atomic E-state index is 0.0175. The van der Waals surface area contributed by atoms with Gasteiger partial charge in [0.15, 0.2) is 5.75 Å². The summed E-state index contributed by atoms with van der Waals surface area (Å²) in [4.78, 5) is 51.7. The number of rotatable bonds is 13. The minimum Gasteiger partial charge on any atom is -0.496 e. The molecule has 4 aromatic rings. The molecule has 0 atom stereocenters. The summed E-state index contributed by atoms with van der Waals surface area (Å²) in [5.74, 6) is -1.77. The molecule has 0 radical (unpaired) electrons. The highest BCUT2D eigenvalue weighted by Crippen LogP contribution is 2.33. The van der Waals surface area contributed by atoms with Gasteiger partial charge in [0.25, 0.3) is 0 Å². The number of aromatic carboxylic acids is 1. The summed E-state index contributed by atoms with van der Waals surface area (Å²) in [5.41, 5.74) is 2.84. The standard InChI is InChI=1S/C36H36N2O8/c1-22-13-16-28(37-32(39)17-14-24-9-5-7-11-29(24)44-3)26(19-22)36(43)46-31-21-23(2)20-27(35(41)42)34(31)38-33(40)18-15-25-10-6-8-12-30(25)45-4/h5-13,16,19-21H,14-15,17-18H2,1-4H3,(H,37,39)(H,38,40)(H,41,42). The number of ether oxygens (including phenoxy) is 3. The lowest BCUT2D eigenvalue weighted by molar-refractivity contribution is -0.117. The Morgan fingerprint density at radius 3 is 1.76 bits per heavy atom. The quantitative estimate of drug-likeness (QED) is 0.115. The van der Waals surface area contributed by atoms with Gasteiger partial charge in [-0.3, -0.25) is 9.59 Å². The van der Waals surface area contributed by atoms with Crippen LogP contribution in [0.3, 0.4) is 0 Å². The molecule has 0 unspecified atom stereocenters. The molecule has 3 N–H and O–H groups in total. The molecule has 0 aromatic heterocycles. The van der Waals surface area contributed by atoms with Crippen molar-refractivity contribution in [3.63, 3.8) is 0 Å². The Bertz CT molecular complexity index is 1770. The van der Waals surface area contributed by atoms with Gasteiger partial charge in [-0.2, -0.15) is 0 Å². The van der Waals surface area contributed by atoms with Gasteiger partial charge < -0.3 is 30.0 Å². The molecule has 2 amide bonds. The first kappa shape index (κ1) is 33.3. The fraction of sp³-hybridized carbons (Fsp3) is 0.222. The van der Waals surface area contributed by atoms with Crippen molar-refractivity contribution in [2.45, 2.75) is 39.5 Å². The largest absolute Gasteiger partial charge is 0.496 e. The van der Waals surface area contributed by atoms with Crippen LogP contribution in [-0.2, 0) is 22.4 Å². The zero-order valence-corrected chi connectivity index (χ0v) is 26.1. The first-order valence-electron chi connectivity index (χ1n) is 14.6. The van der Waals surface area contributed by atoms with Gasteiger partial charge in [0.05, 0.1) is 36.7 Å². The predicted molar refractivity (Wildman–Crippen MR) is 174 cm³/mol. The lowest BCUT2D eigenvalue weighted by Gasteiger charge is -2.17. The van der Waals surface area contributed by atoms with Crippen LogP contribution in [0.1, 0.15) is 55.8 Å². The van der Waals surface area contributed by atoms with E-state index in [1.165, 1.54) is 19.2 Å². The summed E-state index contributed by atoms with van der Waals surface area (Å²) in [7, 11) is 3.11. The third-order valence-corrected chi connectivity index (χ3v) is 7.24. The molecule has 0 saturated carbocycles. The number of carbonyl (C=O) groups excluding carboxylic acids is 3. The highest BCUT2D eigenvalue weighted by Gasteiger charge is 2.23. The van der Waals surface area contributed by atoms with Crippen LogP contribution >= 0.6 is 0 Å². The summed E-state index contributed by atoms with van der Waals surface area (Å²) in [5, 5.41) is 15.4. The van der Waals surface area contributed by atoms with Gasteiger partial charge in [0, 0.05) is 12.8 Å². The molecule has 10 heteroatoms. The summed E-state index contributed by atoms with van der Waals surface area (Å²) >= 11 is 0. The zero-order valence-electron chi connectivity index (χ0n) is 26.1. The molecule has 10 nitrogen and oxygen atoms in total. The van der Waals surface area contributed by atoms with Crippen LogP contribution in [0.4, 0.5) is 11.4 Å². The van der Waals surface area contributed by atoms with E-state index in [4.69, 9.17) is 14.2 Å². The molecule has 0 aliphatic heterocycles. The van der Waals surface area contributed by atoms with E-state index in [2.05, 4.69) is 10.6 Å². The van der Waals surface area contributed by atoms with Crippen LogP contribution in [0.25, 0.3) is 0 Å². The lowest BCUT2D eigenvalue weighted by atomic mass is 10.1. The molecule has 0 aliphatic rings. The smallest absolute Gasteiger partial charge is 0.345 e. The summed E-state index contributed by atoms with van der Waals surface area (Å²) in [6.45, 7) is 3.43. The number of para-hydroxylation sites is 2. The average Bonchev–Trinajstić information content (AvgIpc) is 3.04. The number of esters is 1. The third-order valence-electron chi connectivity index (χ3n) is 7.24. The number of hydrogen-bond donors (Lipinski definition) is 3. The van der Waals surface area contributed by atoms with Crippen LogP contribution in [0.2, 0.25) is 0 Å². The highest BCUT2D eigenvalue weighted by molar-refractivity contribution is 6.05. The molecular formula is C36H36N2O8. The summed E-state index contributed by atoms with van der Waals surface area (Å²) < 4.78 is 16.5. The van der Waals surface area contributed by atoms with Crippen LogP contribution in [0, 0.1) is 13.8 Å². The van der Waals surface area contributed by atoms with Crippen molar-refractivity contribution in [2.24, 2.45) is 0 Å². The Hall–Kier alpha value is -5.64. The summed E-state index contributed by atoms with van der Waals surface area (Å²) in [6.07, 6.45) is 0.905. The first-order chi connectivity index (χ1) is 22.1. The number of anilines is 2.